The van der Waals surface area contributed by atoms with E-state index in [1.165, 1.54) is 0 Å². The van der Waals surface area contributed by atoms with Gasteiger partial charge >= 0.3 is 5.89 Å². The Labute approximate surface area is 155 Å². The van der Waals surface area contributed by atoms with Gasteiger partial charge in [-0.25, -0.2) is 0 Å². The summed E-state index contributed by atoms with van der Waals surface area (Å²) in [5.74, 6) is 0.269. The number of nitrogens with zero attached hydrogens (tertiary/aromatic N) is 1. The van der Waals surface area contributed by atoms with E-state index < -0.39 is 16.2 Å². The molecule has 0 aliphatic rings. The Hall–Kier alpha value is -1.70. The van der Waals surface area contributed by atoms with Crippen LogP contribution in [0.3, 0.4) is 0 Å². The Morgan fingerprint density at radius 3 is 2.40 bits per heavy atom. The maximum Gasteiger partial charge on any atom is 0.345 e. The van der Waals surface area contributed by atoms with E-state index in [-0.39, 0.29) is 5.75 Å². The highest BCUT2D eigenvalue weighted by atomic mass is 79.9. The van der Waals surface area contributed by atoms with Gasteiger partial charge in [-0.15, -0.1) is 0 Å². The minimum absolute atomic E-state index is 0.341. The lowest BCUT2D eigenvalue weighted by Crippen LogP contribution is -2.44. The third-order valence-corrected chi connectivity index (χ3v) is 5.57. The maximum atomic E-state index is 11.4. The van der Waals surface area contributed by atoms with E-state index in [2.05, 4.69) is 15.9 Å². The largest absolute Gasteiger partial charge is 0.402 e. The Balaban J connectivity index is 2.13. The first-order chi connectivity index (χ1) is 11.8. The number of halogens is 1. The number of hydrogen-bond acceptors (Lipinski definition) is 3. The first-order valence-electron chi connectivity index (χ1n) is 7.94. The van der Waals surface area contributed by atoms with Gasteiger partial charge in [-0.2, -0.15) is 13.0 Å². The summed E-state index contributed by atoms with van der Waals surface area (Å²) in [5.41, 5.74) is 3.56. The van der Waals surface area contributed by atoms with Crippen LogP contribution >= 0.6 is 15.9 Å². The van der Waals surface area contributed by atoms with E-state index >= 15 is 0 Å². The number of aromatic nitrogens is 1. The van der Waals surface area contributed by atoms with Crippen molar-refractivity contribution in [2.75, 3.05) is 5.75 Å². The Morgan fingerprint density at radius 1 is 1.16 bits per heavy atom. The van der Waals surface area contributed by atoms with Crippen LogP contribution in [0.5, 0.6) is 0 Å². The summed E-state index contributed by atoms with van der Waals surface area (Å²) >= 11 is 3.43. The van der Waals surface area contributed by atoms with E-state index in [1.807, 2.05) is 54.0 Å². The molecule has 132 valence electrons. The van der Waals surface area contributed by atoms with Crippen LogP contribution in [0.25, 0.3) is 22.2 Å². The van der Waals surface area contributed by atoms with Crippen LogP contribution in [0.15, 0.2) is 51.4 Å². The van der Waals surface area contributed by atoms with Gasteiger partial charge < -0.3 is 4.42 Å². The highest BCUT2D eigenvalue weighted by molar-refractivity contribution is 9.10. The predicted octanol–water partition coefficient (Wildman–Crippen LogP) is 4.30. The van der Waals surface area contributed by atoms with E-state index in [0.29, 0.717) is 17.9 Å². The normalized spacial score (nSPS) is 13.3. The SMILES string of the molecule is CCC(CS(=O)(=O)O)[n+]1c(C)oc2ccc(-c3ccc(Br)cc3)cc21. The van der Waals surface area contributed by atoms with Crippen LogP contribution in [-0.4, -0.2) is 18.7 Å². The molecule has 0 radical (unpaired) electrons. The molecule has 25 heavy (non-hydrogen) atoms. The molecular weight excluding hydrogens is 406 g/mol. The van der Waals surface area contributed by atoms with Crippen molar-refractivity contribution in [3.8, 4) is 11.1 Å². The van der Waals surface area contributed by atoms with Crippen molar-refractivity contribution in [2.45, 2.75) is 26.3 Å². The number of rotatable bonds is 5. The molecule has 7 heteroatoms. The van der Waals surface area contributed by atoms with Crippen LogP contribution in [0.1, 0.15) is 25.3 Å². The lowest BCUT2D eigenvalue weighted by atomic mass is 10.1. The van der Waals surface area contributed by atoms with Gasteiger partial charge in [-0.3, -0.25) is 4.55 Å². The summed E-state index contributed by atoms with van der Waals surface area (Å²) in [6.45, 7) is 3.69. The second kappa shape index (κ2) is 6.90. The zero-order valence-corrected chi connectivity index (χ0v) is 16.3. The van der Waals surface area contributed by atoms with E-state index in [4.69, 9.17) is 4.42 Å². The lowest BCUT2D eigenvalue weighted by Gasteiger charge is -2.08. The molecule has 1 heterocycles. The van der Waals surface area contributed by atoms with Crippen molar-refractivity contribution in [3.63, 3.8) is 0 Å². The number of benzene rings is 2. The van der Waals surface area contributed by atoms with Crippen molar-refractivity contribution in [3.05, 3.63) is 52.8 Å². The third-order valence-electron chi connectivity index (χ3n) is 4.23. The van der Waals surface area contributed by atoms with Gasteiger partial charge in [0, 0.05) is 17.0 Å². The smallest absolute Gasteiger partial charge is 0.345 e. The molecule has 3 aromatic rings. The second-order valence-electron chi connectivity index (χ2n) is 5.99. The summed E-state index contributed by atoms with van der Waals surface area (Å²) in [7, 11) is -4.08. The maximum absolute atomic E-state index is 11.4. The average molecular weight is 425 g/mol. The summed E-state index contributed by atoms with van der Waals surface area (Å²) in [6, 6.07) is 13.4. The topological polar surface area (TPSA) is 71.4 Å². The quantitative estimate of drug-likeness (QED) is 0.489. The summed E-state index contributed by atoms with van der Waals surface area (Å²) in [5, 5.41) is 0. The van der Waals surface area contributed by atoms with Gasteiger partial charge in [0.25, 0.3) is 15.6 Å². The van der Waals surface area contributed by atoms with Crippen molar-refractivity contribution < 1.29 is 22.0 Å². The Kier molecular flexibility index (Phi) is 4.99. The molecular formula is C18H19BrNO4S+. The molecule has 0 amide bonds. The molecule has 0 bridgehead atoms. The molecule has 1 unspecified atom stereocenters. The fraction of sp³-hybridized carbons (Fsp3) is 0.278. The number of oxazole rings is 1. The Morgan fingerprint density at radius 2 is 1.80 bits per heavy atom. The van der Waals surface area contributed by atoms with Crippen LogP contribution in [-0.2, 0) is 10.1 Å². The van der Waals surface area contributed by atoms with Crippen LogP contribution in [0, 0.1) is 6.92 Å². The fourth-order valence-corrected chi connectivity index (χ4v) is 4.20. The van der Waals surface area contributed by atoms with Crippen molar-refractivity contribution in [2.24, 2.45) is 0 Å². The van der Waals surface area contributed by atoms with Gasteiger partial charge in [-0.1, -0.05) is 41.1 Å². The van der Waals surface area contributed by atoms with E-state index in [0.717, 1.165) is 21.1 Å². The number of hydrogen-bond donors (Lipinski definition) is 1. The summed E-state index contributed by atoms with van der Waals surface area (Å²) in [6.07, 6.45) is 0.558. The Bertz CT molecular complexity index is 1010. The first kappa shape index (κ1) is 18.1. The second-order valence-corrected chi connectivity index (χ2v) is 8.40. The van der Waals surface area contributed by atoms with E-state index in [9.17, 15) is 13.0 Å². The molecule has 3 rings (SSSR count). The highest BCUT2D eigenvalue weighted by Crippen LogP contribution is 2.26. The molecule has 0 aliphatic heterocycles. The number of fused-ring (bicyclic) bond motifs is 1. The molecule has 0 fully saturated rings. The zero-order chi connectivity index (χ0) is 18.2. The van der Waals surface area contributed by atoms with Gasteiger partial charge in [-0.05, 0) is 29.3 Å². The average Bonchev–Trinajstić information content (AvgIpc) is 2.87. The van der Waals surface area contributed by atoms with Gasteiger partial charge in [0.2, 0.25) is 5.58 Å². The van der Waals surface area contributed by atoms with Crippen molar-refractivity contribution >= 4 is 37.1 Å². The monoisotopic (exact) mass is 424 g/mol. The van der Waals surface area contributed by atoms with Crippen LogP contribution < -0.4 is 4.57 Å². The molecule has 0 saturated carbocycles. The lowest BCUT2D eigenvalue weighted by molar-refractivity contribution is -0.704. The van der Waals surface area contributed by atoms with Gasteiger partial charge in [0.15, 0.2) is 6.04 Å². The number of aryl methyl sites for hydroxylation is 1. The van der Waals surface area contributed by atoms with Crippen molar-refractivity contribution in [1.29, 1.82) is 0 Å². The molecule has 0 aliphatic carbocycles. The predicted molar refractivity (Wildman–Crippen MR) is 100 cm³/mol. The molecule has 1 aromatic heterocycles. The molecule has 1 N–H and O–H groups in total. The first-order valence-corrected chi connectivity index (χ1v) is 10.3. The molecule has 1 atom stereocenters. The van der Waals surface area contributed by atoms with Crippen LogP contribution in [0.4, 0.5) is 0 Å². The van der Waals surface area contributed by atoms with Gasteiger partial charge in [0.1, 0.15) is 5.75 Å². The minimum atomic E-state index is -4.08. The highest BCUT2D eigenvalue weighted by Gasteiger charge is 2.31. The third kappa shape index (κ3) is 3.94. The summed E-state index contributed by atoms with van der Waals surface area (Å²) in [4.78, 5) is 0. The van der Waals surface area contributed by atoms with Crippen LogP contribution in [0.2, 0.25) is 0 Å². The van der Waals surface area contributed by atoms with Gasteiger partial charge in [0.05, 0.1) is 6.92 Å². The molecule has 2 aromatic carbocycles. The molecule has 0 saturated heterocycles. The summed E-state index contributed by atoms with van der Waals surface area (Å²) < 4.78 is 40.6. The zero-order valence-electron chi connectivity index (χ0n) is 13.9. The van der Waals surface area contributed by atoms with E-state index in [1.54, 1.807) is 6.92 Å². The standard InChI is InChI=1S/C18H18BrNO4S/c1-3-16(11-25(21,22)23)20-12(2)24-18-9-6-14(10-17(18)20)13-4-7-15(19)8-5-13/h4-10,16H,3,11H2,1-2H3/p+1. The fourth-order valence-electron chi connectivity index (χ4n) is 3.06. The van der Waals surface area contributed by atoms with Crippen molar-refractivity contribution in [1.82, 2.24) is 0 Å². The molecule has 5 nitrogen and oxygen atoms in total. The minimum Gasteiger partial charge on any atom is -0.402 e. The molecule has 0 spiro atoms.